The van der Waals surface area contributed by atoms with E-state index in [1.807, 2.05) is 13.0 Å². The van der Waals surface area contributed by atoms with Crippen molar-refractivity contribution in [3.63, 3.8) is 0 Å². The number of nitrogens with zero attached hydrogens (tertiary/aromatic N) is 1. The second-order valence-corrected chi connectivity index (χ2v) is 7.93. The Balaban J connectivity index is 2.00. The average molecular weight is 350 g/mol. The fraction of sp³-hybridized carbons (Fsp3) is 0.235. The minimum absolute atomic E-state index is 0.0124. The van der Waals surface area contributed by atoms with Crippen LogP contribution in [0.2, 0.25) is 5.02 Å². The maximum Gasteiger partial charge on any atom is 0.239 e. The van der Waals surface area contributed by atoms with Crippen LogP contribution >= 0.6 is 11.6 Å². The molecule has 23 heavy (non-hydrogen) atoms. The lowest BCUT2D eigenvalue weighted by atomic mass is 9.99. The number of benzene rings is 2. The summed E-state index contributed by atoms with van der Waals surface area (Å²) in [5, 5.41) is 0.566. The SMILES string of the molecule is Cc1cccc2c1N(S(=O)(=O)Cc1ccc(Cl)cc1)CCC2=O. The first-order valence-electron chi connectivity index (χ1n) is 7.26. The van der Waals surface area contributed by atoms with Gasteiger partial charge >= 0.3 is 0 Å². The zero-order valence-corrected chi connectivity index (χ0v) is 14.2. The minimum Gasteiger partial charge on any atom is -0.294 e. The summed E-state index contributed by atoms with van der Waals surface area (Å²) >= 11 is 5.84. The molecule has 0 N–H and O–H groups in total. The van der Waals surface area contributed by atoms with Gasteiger partial charge in [-0.25, -0.2) is 8.42 Å². The number of Topliss-reactive ketones (excluding diaryl/α,β-unsaturated/α-hetero) is 1. The molecule has 0 fully saturated rings. The smallest absolute Gasteiger partial charge is 0.239 e. The number of fused-ring (bicyclic) bond motifs is 1. The lowest BCUT2D eigenvalue weighted by Crippen LogP contribution is -2.38. The molecule has 0 unspecified atom stereocenters. The van der Waals surface area contributed by atoms with Crippen LogP contribution in [0.5, 0.6) is 0 Å². The predicted molar refractivity (Wildman–Crippen MR) is 91.5 cm³/mol. The average Bonchev–Trinajstić information content (AvgIpc) is 2.50. The molecule has 3 rings (SSSR count). The molecule has 1 aliphatic heterocycles. The highest BCUT2D eigenvalue weighted by Gasteiger charge is 2.32. The summed E-state index contributed by atoms with van der Waals surface area (Å²) in [6, 6.07) is 12.0. The van der Waals surface area contributed by atoms with Gasteiger partial charge in [0, 0.05) is 23.6 Å². The number of anilines is 1. The van der Waals surface area contributed by atoms with Gasteiger partial charge < -0.3 is 0 Å². The second kappa shape index (κ2) is 5.98. The highest BCUT2D eigenvalue weighted by Crippen LogP contribution is 2.33. The van der Waals surface area contributed by atoms with Gasteiger partial charge in [0.2, 0.25) is 10.0 Å². The van der Waals surface area contributed by atoms with E-state index in [-0.39, 0.29) is 24.5 Å². The Bertz CT molecular complexity index is 860. The van der Waals surface area contributed by atoms with Crippen molar-refractivity contribution in [3.8, 4) is 0 Å². The Morgan fingerprint density at radius 1 is 1.13 bits per heavy atom. The van der Waals surface area contributed by atoms with E-state index in [9.17, 15) is 13.2 Å². The molecule has 0 aliphatic carbocycles. The maximum atomic E-state index is 12.8. The number of carbonyl (C=O) groups excluding carboxylic acids is 1. The third-order valence-corrected chi connectivity index (χ3v) is 5.91. The number of carbonyl (C=O) groups is 1. The van der Waals surface area contributed by atoms with E-state index >= 15 is 0 Å². The zero-order valence-electron chi connectivity index (χ0n) is 12.6. The molecule has 6 heteroatoms. The van der Waals surface area contributed by atoms with Gasteiger partial charge in [-0.2, -0.15) is 0 Å². The molecule has 0 saturated carbocycles. The molecule has 1 heterocycles. The van der Waals surface area contributed by atoms with Crippen LogP contribution in [-0.2, 0) is 15.8 Å². The van der Waals surface area contributed by atoms with Gasteiger partial charge in [-0.1, -0.05) is 35.9 Å². The molecule has 0 radical (unpaired) electrons. The van der Waals surface area contributed by atoms with Crippen molar-refractivity contribution < 1.29 is 13.2 Å². The van der Waals surface area contributed by atoms with Crippen LogP contribution < -0.4 is 4.31 Å². The van der Waals surface area contributed by atoms with E-state index in [1.54, 1.807) is 36.4 Å². The summed E-state index contributed by atoms with van der Waals surface area (Å²) in [5.41, 5.74) is 2.45. The molecule has 0 spiro atoms. The summed E-state index contributed by atoms with van der Waals surface area (Å²) in [6.45, 7) is 2.01. The molecular formula is C17H16ClNO3S. The first-order valence-corrected chi connectivity index (χ1v) is 9.25. The van der Waals surface area contributed by atoms with Gasteiger partial charge in [-0.15, -0.1) is 0 Å². The van der Waals surface area contributed by atoms with Crippen molar-refractivity contribution in [2.24, 2.45) is 0 Å². The molecule has 0 bridgehead atoms. The van der Waals surface area contributed by atoms with Gasteiger partial charge in [-0.3, -0.25) is 9.10 Å². The lowest BCUT2D eigenvalue weighted by Gasteiger charge is -2.31. The normalized spacial score (nSPS) is 14.7. The van der Waals surface area contributed by atoms with E-state index in [2.05, 4.69) is 0 Å². The first kappa shape index (κ1) is 16.0. The molecule has 120 valence electrons. The Morgan fingerprint density at radius 3 is 2.52 bits per heavy atom. The Hall–Kier alpha value is -1.85. The van der Waals surface area contributed by atoms with Crippen molar-refractivity contribution in [3.05, 3.63) is 64.2 Å². The Morgan fingerprint density at radius 2 is 1.83 bits per heavy atom. The standard InChI is InChI=1S/C17H16ClNO3S/c1-12-3-2-4-15-16(20)9-10-19(17(12)15)23(21,22)11-13-5-7-14(18)8-6-13/h2-8H,9-11H2,1H3. The second-order valence-electron chi connectivity index (χ2n) is 5.60. The summed E-state index contributed by atoms with van der Waals surface area (Å²) in [7, 11) is -3.57. The van der Waals surface area contributed by atoms with Crippen molar-refractivity contribution in [2.75, 3.05) is 10.8 Å². The minimum atomic E-state index is -3.57. The zero-order chi connectivity index (χ0) is 16.6. The van der Waals surface area contributed by atoms with Crippen molar-refractivity contribution in [1.29, 1.82) is 0 Å². The molecule has 4 nitrogen and oxygen atoms in total. The number of hydrogen-bond acceptors (Lipinski definition) is 3. The van der Waals surface area contributed by atoms with E-state index in [1.165, 1.54) is 4.31 Å². The fourth-order valence-electron chi connectivity index (χ4n) is 2.81. The van der Waals surface area contributed by atoms with Crippen LogP contribution in [-0.4, -0.2) is 20.7 Å². The summed E-state index contributed by atoms with van der Waals surface area (Å²) in [5.74, 6) is -0.131. The monoisotopic (exact) mass is 349 g/mol. The molecule has 0 aromatic heterocycles. The largest absolute Gasteiger partial charge is 0.294 e. The number of halogens is 1. The van der Waals surface area contributed by atoms with E-state index in [0.717, 1.165) is 5.56 Å². The number of hydrogen-bond donors (Lipinski definition) is 0. The van der Waals surface area contributed by atoms with E-state index in [4.69, 9.17) is 11.6 Å². The first-order chi connectivity index (χ1) is 10.9. The van der Waals surface area contributed by atoms with Crippen molar-refractivity contribution in [1.82, 2.24) is 0 Å². The van der Waals surface area contributed by atoms with Crippen LogP contribution in [0.1, 0.15) is 27.9 Å². The van der Waals surface area contributed by atoms with Crippen molar-refractivity contribution >= 4 is 33.1 Å². The number of sulfonamides is 1. The Kier molecular flexibility index (Phi) is 4.17. The molecule has 0 saturated heterocycles. The summed E-state index contributed by atoms with van der Waals surface area (Å²) in [4.78, 5) is 12.1. The topological polar surface area (TPSA) is 54.5 Å². The van der Waals surface area contributed by atoms with Gasteiger partial charge in [0.15, 0.2) is 5.78 Å². The van der Waals surface area contributed by atoms with Gasteiger partial charge in [0.25, 0.3) is 0 Å². The molecule has 0 amide bonds. The molecule has 2 aromatic carbocycles. The predicted octanol–water partition coefficient (Wildman–Crippen LogP) is 3.57. The number of rotatable bonds is 3. The maximum absolute atomic E-state index is 12.8. The van der Waals surface area contributed by atoms with E-state index in [0.29, 0.717) is 21.8 Å². The van der Waals surface area contributed by atoms with Crippen LogP contribution in [0.25, 0.3) is 0 Å². The van der Waals surface area contributed by atoms with Gasteiger partial charge in [0.05, 0.1) is 11.4 Å². The fourth-order valence-corrected chi connectivity index (χ4v) is 4.60. The highest BCUT2D eigenvalue weighted by atomic mass is 35.5. The van der Waals surface area contributed by atoms with Crippen LogP contribution in [0.3, 0.4) is 0 Å². The summed E-state index contributed by atoms with van der Waals surface area (Å²) < 4.78 is 27.1. The number of para-hydroxylation sites is 1. The molecule has 1 aliphatic rings. The molecule has 2 aromatic rings. The van der Waals surface area contributed by atoms with Crippen LogP contribution in [0.4, 0.5) is 5.69 Å². The van der Waals surface area contributed by atoms with Crippen molar-refractivity contribution in [2.45, 2.75) is 19.1 Å². The number of ketones is 1. The lowest BCUT2D eigenvalue weighted by molar-refractivity contribution is 0.0982. The van der Waals surface area contributed by atoms with Gasteiger partial charge in [0.1, 0.15) is 0 Å². The third kappa shape index (κ3) is 3.12. The Labute approximate surface area is 140 Å². The van der Waals surface area contributed by atoms with Crippen LogP contribution in [0.15, 0.2) is 42.5 Å². The highest BCUT2D eigenvalue weighted by molar-refractivity contribution is 7.92. The summed E-state index contributed by atoms with van der Waals surface area (Å²) in [6.07, 6.45) is 0.205. The molecule has 0 atom stereocenters. The van der Waals surface area contributed by atoms with Gasteiger partial charge in [-0.05, 0) is 36.2 Å². The van der Waals surface area contributed by atoms with E-state index < -0.39 is 10.0 Å². The van der Waals surface area contributed by atoms with Crippen LogP contribution in [0, 0.1) is 6.92 Å². The number of aryl methyl sites for hydroxylation is 1. The molecular weight excluding hydrogens is 334 g/mol. The third-order valence-electron chi connectivity index (χ3n) is 3.93. The quantitative estimate of drug-likeness (QED) is 0.851.